The number of rotatable bonds is 2. The van der Waals surface area contributed by atoms with Gasteiger partial charge in [-0.3, -0.25) is 0 Å². The van der Waals surface area contributed by atoms with E-state index in [9.17, 15) is 8.42 Å². The van der Waals surface area contributed by atoms with Crippen molar-refractivity contribution in [2.75, 3.05) is 6.26 Å². The second-order valence-electron chi connectivity index (χ2n) is 3.75. The van der Waals surface area contributed by atoms with E-state index >= 15 is 0 Å². The molecular formula is C12H13NO2S. The summed E-state index contributed by atoms with van der Waals surface area (Å²) in [6, 6.07) is 7.41. The van der Waals surface area contributed by atoms with Crippen LogP contribution in [0.3, 0.4) is 0 Å². The molecule has 0 amide bonds. The minimum atomic E-state index is -3.44. The topological polar surface area (TPSA) is 57.9 Å². The van der Waals surface area contributed by atoms with E-state index in [4.69, 9.17) is 5.26 Å². The number of hydrogen-bond acceptors (Lipinski definition) is 3. The molecule has 0 aliphatic heterocycles. The fourth-order valence-electron chi connectivity index (χ4n) is 1.28. The van der Waals surface area contributed by atoms with Crippen molar-refractivity contribution in [3.8, 4) is 6.07 Å². The van der Waals surface area contributed by atoms with Crippen LogP contribution in [-0.4, -0.2) is 14.7 Å². The van der Waals surface area contributed by atoms with E-state index in [1.165, 1.54) is 6.08 Å². The molecule has 4 heteroatoms. The van der Waals surface area contributed by atoms with Crippen LogP contribution in [0.4, 0.5) is 0 Å². The molecule has 0 radical (unpaired) electrons. The first kappa shape index (κ1) is 12.5. The van der Waals surface area contributed by atoms with E-state index < -0.39 is 9.84 Å². The highest BCUT2D eigenvalue weighted by atomic mass is 32.2. The van der Waals surface area contributed by atoms with E-state index in [-0.39, 0.29) is 4.91 Å². The van der Waals surface area contributed by atoms with Gasteiger partial charge in [-0.25, -0.2) is 8.42 Å². The Morgan fingerprint density at radius 2 is 2.00 bits per heavy atom. The largest absolute Gasteiger partial charge is 0.223 e. The molecule has 3 nitrogen and oxygen atoms in total. The number of allylic oxidation sites excluding steroid dienone is 1. The Morgan fingerprint density at radius 1 is 1.38 bits per heavy atom. The van der Waals surface area contributed by atoms with Crippen molar-refractivity contribution in [2.45, 2.75) is 13.8 Å². The lowest BCUT2D eigenvalue weighted by Crippen LogP contribution is -1.98. The summed E-state index contributed by atoms with van der Waals surface area (Å²) in [4.78, 5) is -0.207. The van der Waals surface area contributed by atoms with Crippen LogP contribution >= 0.6 is 0 Å². The average Bonchev–Trinajstić information content (AvgIpc) is 2.17. The Morgan fingerprint density at radius 3 is 2.50 bits per heavy atom. The molecule has 1 aromatic rings. The molecule has 0 atom stereocenters. The summed E-state index contributed by atoms with van der Waals surface area (Å²) < 4.78 is 22.5. The van der Waals surface area contributed by atoms with Gasteiger partial charge in [0.25, 0.3) is 0 Å². The van der Waals surface area contributed by atoms with E-state index in [0.717, 1.165) is 22.9 Å². The highest BCUT2D eigenvalue weighted by molar-refractivity contribution is 7.95. The van der Waals surface area contributed by atoms with Gasteiger partial charge in [0.15, 0.2) is 9.84 Å². The zero-order valence-electron chi connectivity index (χ0n) is 9.48. The van der Waals surface area contributed by atoms with Gasteiger partial charge < -0.3 is 0 Å². The van der Waals surface area contributed by atoms with Gasteiger partial charge in [0, 0.05) is 6.26 Å². The summed E-state index contributed by atoms with van der Waals surface area (Å²) in [5.74, 6) is 0. The molecule has 84 valence electrons. The fourth-order valence-corrected chi connectivity index (χ4v) is 1.79. The molecule has 0 spiro atoms. The van der Waals surface area contributed by atoms with Crippen LogP contribution in [0.15, 0.2) is 23.1 Å². The Hall–Kier alpha value is -1.60. The average molecular weight is 235 g/mol. The Labute approximate surface area is 95.9 Å². The second-order valence-corrected chi connectivity index (χ2v) is 5.74. The molecule has 0 saturated carbocycles. The lowest BCUT2D eigenvalue weighted by atomic mass is 10.1. The molecule has 16 heavy (non-hydrogen) atoms. The predicted octanol–water partition coefficient (Wildman–Crippen LogP) is 2.21. The van der Waals surface area contributed by atoms with E-state index in [1.807, 2.05) is 32.0 Å². The van der Waals surface area contributed by atoms with Crippen LogP contribution in [0, 0.1) is 25.2 Å². The summed E-state index contributed by atoms with van der Waals surface area (Å²) in [7, 11) is -3.44. The van der Waals surface area contributed by atoms with Crippen molar-refractivity contribution >= 4 is 15.9 Å². The van der Waals surface area contributed by atoms with Gasteiger partial charge in [-0.2, -0.15) is 5.26 Å². The minimum Gasteiger partial charge on any atom is -0.223 e. The van der Waals surface area contributed by atoms with Crippen molar-refractivity contribution in [2.24, 2.45) is 0 Å². The number of hydrogen-bond donors (Lipinski definition) is 0. The quantitative estimate of drug-likeness (QED) is 0.738. The maximum Gasteiger partial charge on any atom is 0.185 e. The van der Waals surface area contributed by atoms with Crippen molar-refractivity contribution < 1.29 is 8.42 Å². The third-order valence-corrected chi connectivity index (χ3v) is 3.24. The number of sulfone groups is 1. The van der Waals surface area contributed by atoms with Gasteiger partial charge in [0.05, 0.1) is 0 Å². The van der Waals surface area contributed by atoms with Crippen LogP contribution in [0.1, 0.15) is 16.7 Å². The van der Waals surface area contributed by atoms with Crippen molar-refractivity contribution in [1.29, 1.82) is 5.26 Å². The molecular weight excluding hydrogens is 222 g/mol. The summed E-state index contributed by atoms with van der Waals surface area (Å²) >= 11 is 0. The smallest absolute Gasteiger partial charge is 0.185 e. The predicted molar refractivity (Wildman–Crippen MR) is 64.3 cm³/mol. The normalized spacial score (nSPS) is 12.2. The van der Waals surface area contributed by atoms with Gasteiger partial charge >= 0.3 is 0 Å². The summed E-state index contributed by atoms with van der Waals surface area (Å²) in [5.41, 5.74) is 2.74. The highest BCUT2D eigenvalue weighted by Gasteiger charge is 2.10. The van der Waals surface area contributed by atoms with Gasteiger partial charge in [-0.05, 0) is 31.1 Å². The molecule has 0 heterocycles. The van der Waals surface area contributed by atoms with Crippen molar-refractivity contribution in [1.82, 2.24) is 0 Å². The molecule has 0 aromatic heterocycles. The standard InChI is InChI=1S/C12H13NO2S/c1-9-4-5-10(2)11(6-9)7-12(8-13)16(3,14)15/h4-7H,1-3H3/b12-7-. The van der Waals surface area contributed by atoms with Gasteiger partial charge in [-0.1, -0.05) is 23.8 Å². The van der Waals surface area contributed by atoms with Crippen molar-refractivity contribution in [3.05, 3.63) is 39.8 Å². The fraction of sp³-hybridized carbons (Fsp3) is 0.250. The van der Waals surface area contributed by atoms with E-state index in [0.29, 0.717) is 0 Å². The zero-order chi connectivity index (χ0) is 12.3. The molecule has 0 saturated heterocycles. The van der Waals surface area contributed by atoms with Crippen LogP contribution in [0.2, 0.25) is 0 Å². The van der Waals surface area contributed by atoms with Gasteiger partial charge in [0.1, 0.15) is 11.0 Å². The van der Waals surface area contributed by atoms with Gasteiger partial charge in [-0.15, -0.1) is 0 Å². The van der Waals surface area contributed by atoms with Gasteiger partial charge in [0.2, 0.25) is 0 Å². The first-order chi connectivity index (χ1) is 7.34. The summed E-state index contributed by atoms with van der Waals surface area (Å²) in [6.45, 7) is 3.80. The second kappa shape index (κ2) is 4.50. The Balaban J connectivity index is 3.37. The molecule has 0 aliphatic rings. The lowest BCUT2D eigenvalue weighted by Gasteiger charge is -2.02. The molecule has 0 fully saturated rings. The van der Waals surface area contributed by atoms with Crippen LogP contribution < -0.4 is 0 Å². The molecule has 0 aliphatic carbocycles. The lowest BCUT2D eigenvalue weighted by molar-refractivity contribution is 0.609. The molecule has 0 N–H and O–H groups in total. The maximum atomic E-state index is 11.3. The minimum absolute atomic E-state index is 0.207. The summed E-state index contributed by atoms with van der Waals surface area (Å²) in [6.07, 6.45) is 2.45. The molecule has 1 rings (SSSR count). The number of nitrogens with zero attached hydrogens (tertiary/aromatic N) is 1. The Bertz CT molecular complexity index is 578. The third-order valence-electron chi connectivity index (χ3n) is 2.23. The number of nitriles is 1. The van der Waals surface area contributed by atoms with Crippen LogP contribution in [-0.2, 0) is 9.84 Å². The SMILES string of the molecule is Cc1ccc(C)c(/C=C(/C#N)S(C)(=O)=O)c1. The van der Waals surface area contributed by atoms with E-state index in [2.05, 4.69) is 0 Å². The maximum absolute atomic E-state index is 11.3. The Kier molecular flexibility index (Phi) is 3.51. The molecule has 1 aromatic carbocycles. The number of aryl methyl sites for hydroxylation is 2. The summed E-state index contributed by atoms with van der Waals surface area (Å²) in [5, 5.41) is 8.79. The van der Waals surface area contributed by atoms with Crippen molar-refractivity contribution in [3.63, 3.8) is 0 Å². The molecule has 0 bridgehead atoms. The van der Waals surface area contributed by atoms with Crippen LogP contribution in [0.5, 0.6) is 0 Å². The zero-order valence-corrected chi connectivity index (χ0v) is 10.3. The monoisotopic (exact) mass is 235 g/mol. The molecule has 0 unspecified atom stereocenters. The third kappa shape index (κ3) is 2.94. The first-order valence-electron chi connectivity index (χ1n) is 4.73. The van der Waals surface area contributed by atoms with Crippen LogP contribution in [0.25, 0.3) is 6.08 Å². The van der Waals surface area contributed by atoms with E-state index in [1.54, 1.807) is 6.07 Å². The first-order valence-corrected chi connectivity index (χ1v) is 6.63. The number of benzene rings is 1. The highest BCUT2D eigenvalue weighted by Crippen LogP contribution is 2.16.